The van der Waals surface area contributed by atoms with Gasteiger partial charge in [0, 0.05) is 6.61 Å². The van der Waals surface area contributed by atoms with Crippen LogP contribution < -0.4 is 10.1 Å². The maximum Gasteiger partial charge on any atom is 0.221 e. The molecule has 2 rings (SSSR count). The molecule has 1 aromatic heterocycles. The van der Waals surface area contributed by atoms with Gasteiger partial charge >= 0.3 is 0 Å². The second-order valence-corrected chi connectivity index (χ2v) is 4.20. The lowest BCUT2D eigenvalue weighted by atomic mass is 10.1. The molecule has 2 atom stereocenters. The van der Waals surface area contributed by atoms with Gasteiger partial charge in [-0.05, 0) is 27.2 Å². The Morgan fingerprint density at radius 1 is 1.53 bits per heavy atom. The maximum atomic E-state index is 5.52. The van der Waals surface area contributed by atoms with E-state index in [1.165, 1.54) is 6.33 Å². The minimum atomic E-state index is 0.222. The molecular formula is C12H19N3O2. The van der Waals surface area contributed by atoms with Crippen molar-refractivity contribution in [1.82, 2.24) is 9.97 Å². The molecule has 1 aliphatic rings. The third-order valence-corrected chi connectivity index (χ3v) is 3.02. The van der Waals surface area contributed by atoms with Crippen LogP contribution in [-0.4, -0.2) is 35.3 Å². The van der Waals surface area contributed by atoms with Crippen LogP contribution in [0.2, 0.25) is 0 Å². The van der Waals surface area contributed by atoms with Gasteiger partial charge in [-0.1, -0.05) is 0 Å². The van der Waals surface area contributed by atoms with Crippen LogP contribution >= 0.6 is 0 Å². The Bertz CT molecular complexity index is 384. The highest BCUT2D eigenvalue weighted by Gasteiger charge is 2.25. The molecule has 94 valence electrons. The van der Waals surface area contributed by atoms with Crippen molar-refractivity contribution in [1.29, 1.82) is 0 Å². The van der Waals surface area contributed by atoms with Crippen LogP contribution in [0.3, 0.4) is 0 Å². The predicted octanol–water partition coefficient (Wildman–Crippen LogP) is 1.77. The van der Waals surface area contributed by atoms with E-state index in [9.17, 15) is 0 Å². The van der Waals surface area contributed by atoms with Crippen molar-refractivity contribution in [2.45, 2.75) is 39.3 Å². The molecule has 1 fully saturated rings. The van der Waals surface area contributed by atoms with Crippen LogP contribution in [0.25, 0.3) is 0 Å². The third-order valence-electron chi connectivity index (χ3n) is 3.02. The van der Waals surface area contributed by atoms with Crippen molar-refractivity contribution >= 4 is 5.82 Å². The average molecular weight is 237 g/mol. The molecule has 5 heteroatoms. The summed E-state index contributed by atoms with van der Waals surface area (Å²) in [6.07, 6.45) is 2.76. The first-order chi connectivity index (χ1) is 8.22. The Balaban J connectivity index is 2.12. The predicted molar refractivity (Wildman–Crippen MR) is 65.4 cm³/mol. The first kappa shape index (κ1) is 12.1. The number of aromatic nitrogens is 2. The summed E-state index contributed by atoms with van der Waals surface area (Å²) in [6, 6.07) is 0.318. The molecule has 1 N–H and O–H groups in total. The Hall–Kier alpha value is -1.36. The van der Waals surface area contributed by atoms with E-state index in [1.807, 2.05) is 13.8 Å². The quantitative estimate of drug-likeness (QED) is 0.865. The molecule has 1 aliphatic heterocycles. The molecular weight excluding hydrogens is 218 g/mol. The lowest BCUT2D eigenvalue weighted by Gasteiger charge is -2.18. The summed E-state index contributed by atoms with van der Waals surface area (Å²) in [7, 11) is 0. The first-order valence-electron chi connectivity index (χ1n) is 6.05. The fourth-order valence-electron chi connectivity index (χ4n) is 1.96. The number of hydrogen-bond donors (Lipinski definition) is 1. The number of hydrogen-bond acceptors (Lipinski definition) is 5. The lowest BCUT2D eigenvalue weighted by Crippen LogP contribution is -2.27. The molecule has 1 saturated heterocycles. The topological polar surface area (TPSA) is 56.3 Å². The van der Waals surface area contributed by atoms with Gasteiger partial charge in [0.05, 0.1) is 24.3 Å². The smallest absolute Gasteiger partial charge is 0.221 e. The summed E-state index contributed by atoms with van der Waals surface area (Å²) in [5.41, 5.74) is 0.952. The van der Waals surface area contributed by atoms with Crippen molar-refractivity contribution in [3.05, 3.63) is 11.9 Å². The molecule has 0 aromatic carbocycles. The zero-order valence-corrected chi connectivity index (χ0v) is 10.6. The van der Waals surface area contributed by atoms with Gasteiger partial charge in [-0.3, -0.25) is 0 Å². The van der Waals surface area contributed by atoms with Gasteiger partial charge in [0.1, 0.15) is 12.1 Å². The van der Waals surface area contributed by atoms with Crippen molar-refractivity contribution in [2.75, 3.05) is 18.5 Å². The fourth-order valence-corrected chi connectivity index (χ4v) is 1.96. The third kappa shape index (κ3) is 2.66. The van der Waals surface area contributed by atoms with E-state index < -0.39 is 0 Å². The second kappa shape index (κ2) is 5.31. The summed E-state index contributed by atoms with van der Waals surface area (Å²) in [4.78, 5) is 8.38. The number of ether oxygens (including phenoxy) is 2. The number of nitrogens with one attached hydrogen (secondary N) is 1. The Kier molecular flexibility index (Phi) is 3.78. The van der Waals surface area contributed by atoms with E-state index in [0.29, 0.717) is 18.5 Å². The maximum absolute atomic E-state index is 5.52. The van der Waals surface area contributed by atoms with Gasteiger partial charge < -0.3 is 14.8 Å². The van der Waals surface area contributed by atoms with E-state index in [1.54, 1.807) is 0 Å². The van der Waals surface area contributed by atoms with Crippen molar-refractivity contribution in [3.8, 4) is 5.88 Å². The van der Waals surface area contributed by atoms with Gasteiger partial charge in [0.15, 0.2) is 0 Å². The molecule has 0 saturated carbocycles. The monoisotopic (exact) mass is 237 g/mol. The normalized spacial score (nSPS) is 23.7. The Morgan fingerprint density at radius 3 is 3.00 bits per heavy atom. The molecule has 0 radical (unpaired) electrons. The highest BCUT2D eigenvalue weighted by Crippen LogP contribution is 2.24. The summed E-state index contributed by atoms with van der Waals surface area (Å²) in [6.45, 7) is 7.40. The first-order valence-corrected chi connectivity index (χ1v) is 6.05. The van der Waals surface area contributed by atoms with Crippen LogP contribution in [0.5, 0.6) is 5.88 Å². The molecule has 2 unspecified atom stereocenters. The standard InChI is InChI=1S/C12H19N3O2/c1-4-16-12-8(2)11(13-7-14-12)15-10-5-6-17-9(10)3/h7,9-10H,4-6H2,1-3H3,(H,13,14,15). The Labute approximate surface area is 102 Å². The molecule has 17 heavy (non-hydrogen) atoms. The minimum Gasteiger partial charge on any atom is -0.478 e. The van der Waals surface area contributed by atoms with Gasteiger partial charge in [0.25, 0.3) is 0 Å². The average Bonchev–Trinajstić information content (AvgIpc) is 2.70. The van der Waals surface area contributed by atoms with Crippen molar-refractivity contribution in [3.63, 3.8) is 0 Å². The highest BCUT2D eigenvalue weighted by atomic mass is 16.5. The van der Waals surface area contributed by atoms with E-state index in [0.717, 1.165) is 24.4 Å². The number of nitrogens with zero attached hydrogens (tertiary/aromatic N) is 2. The zero-order chi connectivity index (χ0) is 12.3. The van der Waals surface area contributed by atoms with Crippen LogP contribution in [0, 0.1) is 6.92 Å². The molecule has 1 aromatic rings. The van der Waals surface area contributed by atoms with Gasteiger partial charge in [-0.25, -0.2) is 9.97 Å². The van der Waals surface area contributed by atoms with Crippen LogP contribution in [0.15, 0.2) is 6.33 Å². The summed E-state index contributed by atoms with van der Waals surface area (Å²) >= 11 is 0. The van der Waals surface area contributed by atoms with Crippen molar-refractivity contribution < 1.29 is 9.47 Å². The molecule has 5 nitrogen and oxygen atoms in total. The lowest BCUT2D eigenvalue weighted by molar-refractivity contribution is 0.121. The minimum absolute atomic E-state index is 0.222. The van der Waals surface area contributed by atoms with Crippen molar-refractivity contribution in [2.24, 2.45) is 0 Å². The van der Waals surface area contributed by atoms with Gasteiger partial charge in [-0.2, -0.15) is 0 Å². The van der Waals surface area contributed by atoms with Gasteiger partial charge in [0.2, 0.25) is 5.88 Å². The number of anilines is 1. The number of rotatable bonds is 4. The Morgan fingerprint density at radius 2 is 2.35 bits per heavy atom. The summed E-state index contributed by atoms with van der Waals surface area (Å²) < 4.78 is 11.0. The van der Waals surface area contributed by atoms with E-state index in [-0.39, 0.29) is 6.10 Å². The van der Waals surface area contributed by atoms with E-state index >= 15 is 0 Å². The molecule has 0 aliphatic carbocycles. The second-order valence-electron chi connectivity index (χ2n) is 4.20. The van der Waals surface area contributed by atoms with Crippen LogP contribution in [0.4, 0.5) is 5.82 Å². The van der Waals surface area contributed by atoms with Crippen LogP contribution in [0.1, 0.15) is 25.8 Å². The highest BCUT2D eigenvalue weighted by molar-refractivity contribution is 5.48. The van der Waals surface area contributed by atoms with E-state index in [4.69, 9.17) is 9.47 Å². The van der Waals surface area contributed by atoms with E-state index in [2.05, 4.69) is 22.2 Å². The van der Waals surface area contributed by atoms with Crippen LogP contribution in [-0.2, 0) is 4.74 Å². The zero-order valence-electron chi connectivity index (χ0n) is 10.6. The molecule has 0 amide bonds. The molecule has 0 spiro atoms. The molecule has 0 bridgehead atoms. The fraction of sp³-hybridized carbons (Fsp3) is 0.667. The van der Waals surface area contributed by atoms with Gasteiger partial charge in [-0.15, -0.1) is 0 Å². The largest absolute Gasteiger partial charge is 0.478 e. The summed E-state index contributed by atoms with van der Waals surface area (Å²) in [5, 5.41) is 3.40. The SMILES string of the molecule is CCOc1ncnc(NC2CCOC2C)c1C. The summed E-state index contributed by atoms with van der Waals surface area (Å²) in [5.74, 6) is 1.49. The molecule has 2 heterocycles.